The summed E-state index contributed by atoms with van der Waals surface area (Å²) in [4.78, 5) is 14.9. The molecule has 28 heavy (non-hydrogen) atoms. The number of nitrogens with one attached hydrogen (secondary N) is 1. The number of H-pyrrole nitrogens is 1. The smallest absolute Gasteiger partial charge is 0.273 e. The van der Waals surface area contributed by atoms with Gasteiger partial charge >= 0.3 is 0 Å². The summed E-state index contributed by atoms with van der Waals surface area (Å²) in [7, 11) is 1.64. The molecule has 0 saturated heterocycles. The van der Waals surface area contributed by atoms with E-state index in [1.165, 1.54) is 0 Å². The molecule has 0 fully saturated rings. The van der Waals surface area contributed by atoms with Gasteiger partial charge in [0.15, 0.2) is 0 Å². The van der Waals surface area contributed by atoms with Crippen molar-refractivity contribution in [3.05, 3.63) is 71.4 Å². The zero-order chi connectivity index (χ0) is 19.5. The van der Waals surface area contributed by atoms with Crippen LogP contribution in [-0.4, -0.2) is 47.9 Å². The lowest BCUT2D eigenvalue weighted by Gasteiger charge is -2.26. The Morgan fingerprint density at radius 3 is 2.71 bits per heavy atom. The number of benzene rings is 2. The van der Waals surface area contributed by atoms with Crippen LogP contribution in [0, 0.1) is 0 Å². The molecule has 1 aromatic heterocycles. The molecule has 1 aliphatic rings. The number of hydrogen-bond acceptors (Lipinski definition) is 4. The van der Waals surface area contributed by atoms with Gasteiger partial charge in [-0.25, -0.2) is 0 Å². The third-order valence-electron chi connectivity index (χ3n) is 4.93. The van der Waals surface area contributed by atoms with Crippen LogP contribution in [0.5, 0.6) is 5.75 Å². The Kier molecular flexibility index (Phi) is 5.12. The minimum absolute atomic E-state index is 0.0615. The van der Waals surface area contributed by atoms with Crippen LogP contribution in [0.15, 0.2) is 54.6 Å². The highest BCUT2D eigenvalue weighted by Crippen LogP contribution is 2.43. The molecule has 0 spiro atoms. The van der Waals surface area contributed by atoms with Crippen LogP contribution in [0.2, 0.25) is 0 Å². The standard InChI is InChI=1S/C22H23N3O3/c1-3-28-17-11-7-10-16(14-17)21-18-19(15-8-5-4-6-9-15)23-24-20(18)22(26)25(21)12-13-27-2/h4-11,14,21H,3,12-13H2,1-2H3,(H,23,24). The summed E-state index contributed by atoms with van der Waals surface area (Å²) in [5.41, 5.74) is 4.22. The van der Waals surface area contributed by atoms with Crippen molar-refractivity contribution >= 4 is 5.91 Å². The number of nitrogens with zero attached hydrogens (tertiary/aromatic N) is 2. The van der Waals surface area contributed by atoms with Crippen molar-refractivity contribution in [2.75, 3.05) is 26.9 Å². The van der Waals surface area contributed by atoms with E-state index in [0.717, 1.165) is 28.1 Å². The molecule has 2 aromatic carbocycles. The predicted molar refractivity (Wildman–Crippen MR) is 106 cm³/mol. The number of aromatic amines is 1. The molecular formula is C22H23N3O3. The van der Waals surface area contributed by atoms with Crippen LogP contribution in [0.4, 0.5) is 0 Å². The highest BCUT2D eigenvalue weighted by molar-refractivity contribution is 6.00. The Morgan fingerprint density at radius 1 is 1.14 bits per heavy atom. The fourth-order valence-corrected chi connectivity index (χ4v) is 3.72. The van der Waals surface area contributed by atoms with Crippen molar-refractivity contribution < 1.29 is 14.3 Å². The van der Waals surface area contributed by atoms with E-state index >= 15 is 0 Å². The van der Waals surface area contributed by atoms with Crippen molar-refractivity contribution in [3.63, 3.8) is 0 Å². The Labute approximate surface area is 164 Å². The van der Waals surface area contributed by atoms with Crippen molar-refractivity contribution in [2.45, 2.75) is 13.0 Å². The summed E-state index contributed by atoms with van der Waals surface area (Å²) < 4.78 is 10.9. The van der Waals surface area contributed by atoms with Crippen LogP contribution in [0.3, 0.4) is 0 Å². The number of carbonyl (C=O) groups excluding carboxylic acids is 1. The van der Waals surface area contributed by atoms with Gasteiger partial charge in [0.2, 0.25) is 0 Å². The molecule has 2 heterocycles. The first-order valence-electron chi connectivity index (χ1n) is 9.41. The third kappa shape index (κ3) is 3.16. The lowest BCUT2D eigenvalue weighted by Crippen LogP contribution is -2.32. The van der Waals surface area contributed by atoms with Gasteiger partial charge in [-0.2, -0.15) is 5.10 Å². The van der Waals surface area contributed by atoms with Gasteiger partial charge in [-0.1, -0.05) is 42.5 Å². The number of carbonyl (C=O) groups is 1. The summed E-state index contributed by atoms with van der Waals surface area (Å²) in [6.07, 6.45) is 0. The number of rotatable bonds is 7. The van der Waals surface area contributed by atoms with Gasteiger partial charge in [0.05, 0.1) is 24.9 Å². The highest BCUT2D eigenvalue weighted by atomic mass is 16.5. The quantitative estimate of drug-likeness (QED) is 0.682. The van der Waals surface area contributed by atoms with Crippen molar-refractivity contribution in [2.24, 2.45) is 0 Å². The Balaban J connectivity index is 1.84. The van der Waals surface area contributed by atoms with E-state index in [2.05, 4.69) is 10.2 Å². The number of fused-ring (bicyclic) bond motifs is 1. The van der Waals surface area contributed by atoms with Crippen LogP contribution in [0.1, 0.15) is 34.6 Å². The molecule has 144 valence electrons. The van der Waals surface area contributed by atoms with E-state index in [1.807, 2.05) is 66.4 Å². The molecule has 6 heteroatoms. The maximum Gasteiger partial charge on any atom is 0.273 e. The average molecular weight is 377 g/mol. The van der Waals surface area contributed by atoms with Crippen LogP contribution >= 0.6 is 0 Å². The van der Waals surface area contributed by atoms with Gasteiger partial charge < -0.3 is 14.4 Å². The van der Waals surface area contributed by atoms with Gasteiger partial charge in [-0.3, -0.25) is 9.89 Å². The van der Waals surface area contributed by atoms with E-state index in [4.69, 9.17) is 9.47 Å². The lowest BCUT2D eigenvalue weighted by atomic mass is 9.96. The maximum absolute atomic E-state index is 13.1. The summed E-state index contributed by atoms with van der Waals surface area (Å²) in [6.45, 7) is 3.51. The molecule has 1 aliphatic heterocycles. The van der Waals surface area contributed by atoms with Crippen LogP contribution in [-0.2, 0) is 4.74 Å². The number of amides is 1. The average Bonchev–Trinajstić information content (AvgIpc) is 3.26. The van der Waals surface area contributed by atoms with Crippen molar-refractivity contribution in [3.8, 4) is 17.0 Å². The molecule has 0 bridgehead atoms. The van der Waals surface area contributed by atoms with Gasteiger partial charge in [-0.15, -0.1) is 0 Å². The summed E-state index contributed by atoms with van der Waals surface area (Å²) in [5, 5.41) is 7.44. The summed E-state index contributed by atoms with van der Waals surface area (Å²) in [6, 6.07) is 17.6. The molecule has 0 radical (unpaired) electrons. The molecule has 0 saturated carbocycles. The normalized spacial score (nSPS) is 15.7. The molecule has 3 aromatic rings. The Bertz CT molecular complexity index is 968. The van der Waals surface area contributed by atoms with E-state index < -0.39 is 0 Å². The van der Waals surface area contributed by atoms with Gasteiger partial charge in [0, 0.05) is 24.8 Å². The Hall–Kier alpha value is -3.12. The Morgan fingerprint density at radius 2 is 1.96 bits per heavy atom. The first-order valence-corrected chi connectivity index (χ1v) is 9.41. The van der Waals surface area contributed by atoms with E-state index in [-0.39, 0.29) is 11.9 Å². The fraction of sp³-hybridized carbons (Fsp3) is 0.273. The topological polar surface area (TPSA) is 67.5 Å². The first kappa shape index (κ1) is 18.3. The van der Waals surface area contributed by atoms with E-state index in [9.17, 15) is 4.79 Å². The predicted octanol–water partition coefficient (Wildman–Crippen LogP) is 3.67. The largest absolute Gasteiger partial charge is 0.494 e. The monoisotopic (exact) mass is 377 g/mol. The summed E-state index contributed by atoms with van der Waals surface area (Å²) >= 11 is 0. The number of methoxy groups -OCH3 is 1. The third-order valence-corrected chi connectivity index (χ3v) is 4.93. The van der Waals surface area contributed by atoms with Gasteiger partial charge in [0.25, 0.3) is 5.91 Å². The molecule has 4 rings (SSSR count). The molecule has 0 aliphatic carbocycles. The second-order valence-electron chi connectivity index (χ2n) is 6.63. The first-order chi connectivity index (χ1) is 13.7. The molecule has 1 amide bonds. The number of hydrogen-bond donors (Lipinski definition) is 1. The molecule has 1 N–H and O–H groups in total. The summed E-state index contributed by atoms with van der Waals surface area (Å²) in [5.74, 6) is 0.728. The molecule has 1 unspecified atom stereocenters. The van der Waals surface area contributed by atoms with E-state index in [0.29, 0.717) is 25.5 Å². The zero-order valence-electron chi connectivity index (χ0n) is 16.0. The SMILES string of the molecule is CCOc1cccc(C2c3c(-c4ccccc4)n[nH]c3C(=O)N2CCOC)c1. The number of ether oxygens (including phenoxy) is 2. The zero-order valence-corrected chi connectivity index (χ0v) is 16.0. The van der Waals surface area contributed by atoms with Crippen molar-refractivity contribution in [1.29, 1.82) is 0 Å². The molecule has 1 atom stereocenters. The lowest BCUT2D eigenvalue weighted by molar-refractivity contribution is 0.0677. The van der Waals surface area contributed by atoms with Gasteiger partial charge in [-0.05, 0) is 24.6 Å². The van der Waals surface area contributed by atoms with E-state index in [1.54, 1.807) is 7.11 Å². The van der Waals surface area contributed by atoms with Crippen molar-refractivity contribution in [1.82, 2.24) is 15.1 Å². The second kappa shape index (κ2) is 7.86. The molecule has 6 nitrogen and oxygen atoms in total. The minimum Gasteiger partial charge on any atom is -0.494 e. The minimum atomic E-state index is -0.244. The van der Waals surface area contributed by atoms with Crippen LogP contribution in [0.25, 0.3) is 11.3 Å². The fourth-order valence-electron chi connectivity index (χ4n) is 3.72. The van der Waals surface area contributed by atoms with Gasteiger partial charge in [0.1, 0.15) is 11.4 Å². The maximum atomic E-state index is 13.1. The number of aromatic nitrogens is 2. The second-order valence-corrected chi connectivity index (χ2v) is 6.63. The highest BCUT2D eigenvalue weighted by Gasteiger charge is 2.42. The molecular weight excluding hydrogens is 354 g/mol. The van der Waals surface area contributed by atoms with Crippen LogP contribution < -0.4 is 4.74 Å².